The Labute approximate surface area is 343 Å². The second-order valence-corrected chi connectivity index (χ2v) is 14.7. The number of aromatic hydroxyl groups is 1. The average molecular weight is 786 g/mol. The van der Waals surface area contributed by atoms with Crippen LogP contribution in [0.3, 0.4) is 0 Å². The number of hydrogen-bond acceptors (Lipinski definition) is 8. The van der Waals surface area contributed by atoms with Crippen LogP contribution in [-0.4, -0.2) is 30.6 Å². The minimum Gasteiger partial charge on any atom is -0.505 e. The van der Waals surface area contributed by atoms with Crippen LogP contribution in [0, 0.1) is 0 Å². The number of para-hydroxylation sites is 2. The van der Waals surface area contributed by atoms with Gasteiger partial charge < -0.3 is 20.5 Å². The molecule has 10 nitrogen and oxygen atoms in total. The summed E-state index contributed by atoms with van der Waals surface area (Å²) >= 11 is 0. The second-order valence-electron chi connectivity index (χ2n) is 14.7. The van der Waals surface area contributed by atoms with Crippen molar-refractivity contribution in [2.75, 3.05) is 24.5 Å². The Hall–Kier alpha value is -5.74. The average Bonchev–Trinajstić information content (AvgIpc) is 3.25. The number of methoxy groups -OCH3 is 1. The van der Waals surface area contributed by atoms with Crippen molar-refractivity contribution in [2.24, 2.45) is 10.2 Å². The van der Waals surface area contributed by atoms with Crippen LogP contribution < -0.4 is 20.9 Å². The van der Waals surface area contributed by atoms with Crippen molar-refractivity contribution in [3.63, 3.8) is 0 Å². The number of ether oxygens (including phenoxy) is 1. The molecule has 0 unspecified atom stereocenters. The number of nitrogens with zero attached hydrogens (tertiary/aromatic N) is 2. The van der Waals surface area contributed by atoms with Crippen LogP contribution in [0.2, 0.25) is 0 Å². The second kappa shape index (κ2) is 24.1. The lowest BCUT2D eigenvalue weighted by Crippen LogP contribution is -2.24. The molecule has 0 heterocycles. The Balaban J connectivity index is 1.23. The summed E-state index contributed by atoms with van der Waals surface area (Å²) in [5.74, 6) is -0.612. The van der Waals surface area contributed by atoms with Crippen LogP contribution >= 0.6 is 0 Å². The smallest absolute Gasteiger partial charge is 0.259 e. The highest BCUT2D eigenvalue weighted by molar-refractivity contribution is 6.12. The van der Waals surface area contributed by atoms with Crippen molar-refractivity contribution in [3.05, 3.63) is 120 Å². The van der Waals surface area contributed by atoms with Crippen LogP contribution in [0.15, 0.2) is 113 Å². The molecule has 0 saturated carbocycles. The standard InChI is InChI=1S/C48H59N5O5/c1-3-4-5-6-7-8-9-10-11-12-13-14-15-22-31-49-47(55)37-28-29-41-38(33-37)34-42(48(56)50-39-23-18-16-19-24-39)46(54)45(41)52-51-43-32-36(27-30-44(43)57-2)35-58-53-40-25-20-17-21-26-40/h16-21,23-30,32-34,53-54H,3-15,22,31,35H2,1-2H3,(H,49,55)(H,50,56). The first-order chi connectivity index (χ1) is 28.5. The first-order valence-corrected chi connectivity index (χ1v) is 20.9. The summed E-state index contributed by atoms with van der Waals surface area (Å²) < 4.78 is 5.56. The summed E-state index contributed by atoms with van der Waals surface area (Å²) in [6.07, 6.45) is 17.9. The minimum atomic E-state index is -0.530. The molecule has 0 bridgehead atoms. The molecule has 0 spiro atoms. The van der Waals surface area contributed by atoms with Crippen molar-refractivity contribution in [1.29, 1.82) is 0 Å². The van der Waals surface area contributed by atoms with Gasteiger partial charge in [-0.05, 0) is 72.0 Å². The number of fused-ring (bicyclic) bond motifs is 1. The summed E-state index contributed by atoms with van der Waals surface area (Å²) in [5.41, 5.74) is 6.02. The zero-order valence-electron chi connectivity index (χ0n) is 34.1. The number of hydrogen-bond donors (Lipinski definition) is 4. The largest absolute Gasteiger partial charge is 0.505 e. The zero-order valence-corrected chi connectivity index (χ0v) is 34.1. The van der Waals surface area contributed by atoms with Crippen molar-refractivity contribution in [2.45, 2.75) is 103 Å². The SMILES string of the molecule is CCCCCCCCCCCCCCCCNC(=O)c1ccc2c(N=Nc3cc(CONc4ccccc4)ccc3OC)c(O)c(C(=O)Nc3ccccc3)cc2c1. The number of azo groups is 1. The van der Waals surface area contributed by atoms with E-state index in [-0.39, 0.29) is 29.5 Å². The van der Waals surface area contributed by atoms with Gasteiger partial charge in [0.15, 0.2) is 5.75 Å². The maximum absolute atomic E-state index is 13.6. The van der Waals surface area contributed by atoms with Crippen molar-refractivity contribution in [3.8, 4) is 11.5 Å². The van der Waals surface area contributed by atoms with E-state index in [1.807, 2.05) is 54.6 Å². The molecule has 0 atom stereocenters. The van der Waals surface area contributed by atoms with E-state index in [1.165, 1.54) is 84.2 Å². The lowest BCUT2D eigenvalue weighted by molar-refractivity contribution is 0.0952. The van der Waals surface area contributed by atoms with Gasteiger partial charge in [-0.1, -0.05) is 139 Å². The fourth-order valence-electron chi connectivity index (χ4n) is 6.85. The quantitative estimate of drug-likeness (QED) is 0.0264. The highest BCUT2D eigenvalue weighted by atomic mass is 16.6. The highest BCUT2D eigenvalue weighted by Gasteiger charge is 2.20. The Morgan fingerprint density at radius 2 is 1.28 bits per heavy atom. The van der Waals surface area contributed by atoms with Gasteiger partial charge in [-0.25, -0.2) is 0 Å². The van der Waals surface area contributed by atoms with E-state index in [2.05, 4.69) is 33.3 Å². The molecular weight excluding hydrogens is 727 g/mol. The Morgan fingerprint density at radius 3 is 1.91 bits per heavy atom. The third-order valence-electron chi connectivity index (χ3n) is 10.1. The Bertz CT molecular complexity index is 2060. The number of phenolic OH excluding ortho intramolecular Hbond substituents is 1. The summed E-state index contributed by atoms with van der Waals surface area (Å²) in [6, 6.07) is 30.6. The molecule has 0 aliphatic heterocycles. The molecule has 10 heteroatoms. The van der Waals surface area contributed by atoms with Gasteiger partial charge in [-0.15, -0.1) is 10.2 Å². The van der Waals surface area contributed by atoms with Crippen molar-refractivity contribution < 1.29 is 24.3 Å². The number of carbonyl (C=O) groups is 2. The van der Waals surface area contributed by atoms with Crippen LogP contribution in [0.4, 0.5) is 22.7 Å². The molecule has 2 amide bonds. The molecule has 5 rings (SSSR count). The van der Waals surface area contributed by atoms with E-state index in [1.54, 1.807) is 48.5 Å². The van der Waals surface area contributed by atoms with Crippen LogP contribution in [0.1, 0.15) is 123 Å². The predicted octanol–water partition coefficient (Wildman–Crippen LogP) is 13.0. The lowest BCUT2D eigenvalue weighted by atomic mass is 10.0. The van der Waals surface area contributed by atoms with Crippen molar-refractivity contribution in [1.82, 2.24) is 5.32 Å². The number of rotatable bonds is 25. The highest BCUT2D eigenvalue weighted by Crippen LogP contribution is 2.41. The fraction of sp³-hybridized carbons (Fsp3) is 0.375. The molecule has 0 aromatic heterocycles. The molecule has 0 saturated heterocycles. The number of unbranched alkanes of at least 4 members (excludes halogenated alkanes) is 13. The number of nitrogens with one attached hydrogen (secondary N) is 3. The van der Waals surface area contributed by atoms with E-state index in [0.717, 1.165) is 24.1 Å². The molecule has 5 aromatic rings. The van der Waals surface area contributed by atoms with Gasteiger partial charge in [-0.2, -0.15) is 0 Å². The number of anilines is 2. The fourth-order valence-corrected chi connectivity index (χ4v) is 6.85. The third-order valence-corrected chi connectivity index (χ3v) is 10.1. The maximum atomic E-state index is 13.6. The van der Waals surface area contributed by atoms with E-state index in [9.17, 15) is 14.7 Å². The van der Waals surface area contributed by atoms with Gasteiger partial charge >= 0.3 is 0 Å². The third kappa shape index (κ3) is 13.7. The Morgan fingerprint density at radius 1 is 0.655 bits per heavy atom. The predicted molar refractivity (Wildman–Crippen MR) is 235 cm³/mol. The molecule has 5 aromatic carbocycles. The number of amides is 2. The van der Waals surface area contributed by atoms with Gasteiger partial charge in [0.2, 0.25) is 0 Å². The molecule has 0 radical (unpaired) electrons. The summed E-state index contributed by atoms with van der Waals surface area (Å²) in [7, 11) is 1.54. The van der Waals surface area contributed by atoms with E-state index >= 15 is 0 Å². The number of phenols is 1. The molecule has 0 aliphatic rings. The molecule has 306 valence electrons. The molecule has 4 N–H and O–H groups in total. The minimum absolute atomic E-state index is 0.00799. The van der Waals surface area contributed by atoms with E-state index < -0.39 is 5.91 Å². The van der Waals surface area contributed by atoms with E-state index in [0.29, 0.717) is 40.0 Å². The van der Waals surface area contributed by atoms with Crippen LogP contribution in [-0.2, 0) is 11.4 Å². The maximum Gasteiger partial charge on any atom is 0.259 e. The number of benzene rings is 5. The first-order valence-electron chi connectivity index (χ1n) is 20.9. The first kappa shape index (κ1) is 43.4. The van der Waals surface area contributed by atoms with Crippen molar-refractivity contribution >= 4 is 45.3 Å². The molecular formula is C48H59N5O5. The molecule has 0 aliphatic carbocycles. The van der Waals surface area contributed by atoms with Crippen LogP contribution in [0.25, 0.3) is 10.8 Å². The Kier molecular flexibility index (Phi) is 18.0. The monoisotopic (exact) mass is 785 g/mol. The molecule has 58 heavy (non-hydrogen) atoms. The van der Waals surface area contributed by atoms with Gasteiger partial charge in [-0.3, -0.25) is 19.9 Å². The van der Waals surface area contributed by atoms with Crippen LogP contribution in [0.5, 0.6) is 11.5 Å². The van der Waals surface area contributed by atoms with Gasteiger partial charge in [0.25, 0.3) is 11.8 Å². The van der Waals surface area contributed by atoms with E-state index in [4.69, 9.17) is 9.57 Å². The number of carbonyl (C=O) groups excluding carboxylic acids is 2. The molecule has 0 fully saturated rings. The van der Waals surface area contributed by atoms with Gasteiger partial charge in [0.1, 0.15) is 17.1 Å². The zero-order chi connectivity index (χ0) is 40.8. The van der Waals surface area contributed by atoms with Gasteiger partial charge in [0.05, 0.1) is 25.0 Å². The summed E-state index contributed by atoms with van der Waals surface area (Å²) in [4.78, 5) is 32.6. The normalized spacial score (nSPS) is 11.2. The lowest BCUT2D eigenvalue weighted by Gasteiger charge is -2.13. The van der Waals surface area contributed by atoms with Gasteiger partial charge in [0, 0.05) is 23.2 Å². The summed E-state index contributed by atoms with van der Waals surface area (Å²) in [5, 5.41) is 27.5. The topological polar surface area (TPSA) is 134 Å². The summed E-state index contributed by atoms with van der Waals surface area (Å²) in [6.45, 7) is 3.08.